The second-order valence-electron chi connectivity index (χ2n) is 3.22. The Hall–Kier alpha value is -0.710. The van der Waals surface area contributed by atoms with E-state index >= 15 is 0 Å². The summed E-state index contributed by atoms with van der Waals surface area (Å²) in [6.07, 6.45) is 12.2. The van der Waals surface area contributed by atoms with E-state index in [0.29, 0.717) is 0 Å². The molecule has 0 heterocycles. The third-order valence-electron chi connectivity index (χ3n) is 1.96. The van der Waals surface area contributed by atoms with Gasteiger partial charge in [-0.15, -0.1) is 0 Å². The van der Waals surface area contributed by atoms with Gasteiger partial charge in [0.25, 0.3) is 6.26 Å². The summed E-state index contributed by atoms with van der Waals surface area (Å²) in [6, 6.07) is 0. The second-order valence-corrected chi connectivity index (χ2v) is 3.22. The van der Waals surface area contributed by atoms with Crippen LogP contribution in [0.4, 0.5) is 0 Å². The molecule has 0 spiro atoms. The zero-order valence-corrected chi connectivity index (χ0v) is 9.05. The average Bonchev–Trinajstić information content (AvgIpc) is 2.13. The van der Waals surface area contributed by atoms with Crippen molar-refractivity contribution in [2.45, 2.75) is 65.2 Å². The average molecular weight is 185 g/mol. The van der Waals surface area contributed by atoms with E-state index in [0.717, 1.165) is 6.26 Å². The Morgan fingerprint density at radius 2 is 1.08 bits per heavy atom. The minimum atomic E-state index is 0.750. The van der Waals surface area contributed by atoms with Crippen molar-refractivity contribution >= 4 is 0 Å². The number of hydrogen-bond acceptors (Lipinski definition) is 2. The van der Waals surface area contributed by atoms with Gasteiger partial charge >= 0.3 is 0 Å². The minimum absolute atomic E-state index is 0.750. The van der Waals surface area contributed by atoms with Crippen LogP contribution in [0.3, 0.4) is 0 Å². The molecule has 13 heavy (non-hydrogen) atoms. The number of nitrogens with zero attached hydrogens (tertiary/aromatic N) is 1. The monoisotopic (exact) mass is 185 g/mol. The van der Waals surface area contributed by atoms with Crippen molar-refractivity contribution in [2.75, 3.05) is 0 Å². The largest absolute Gasteiger partial charge is 0.443 e. The van der Waals surface area contributed by atoms with Gasteiger partial charge in [-0.2, -0.15) is 5.26 Å². The van der Waals surface area contributed by atoms with Crippen molar-refractivity contribution < 1.29 is 5.11 Å². The first-order valence-corrected chi connectivity index (χ1v) is 5.36. The molecule has 0 saturated carbocycles. The number of aliphatic hydroxyl groups excluding tert-OH is 1. The van der Waals surface area contributed by atoms with Crippen LogP contribution < -0.4 is 0 Å². The molecule has 0 atom stereocenters. The lowest BCUT2D eigenvalue weighted by atomic mass is 10.1. The van der Waals surface area contributed by atoms with Crippen molar-refractivity contribution in [1.82, 2.24) is 0 Å². The van der Waals surface area contributed by atoms with Gasteiger partial charge in [0.1, 0.15) is 0 Å². The lowest BCUT2D eigenvalue weighted by Gasteiger charge is -1.97. The number of aliphatic hydroxyl groups is 1. The van der Waals surface area contributed by atoms with E-state index in [1.54, 1.807) is 0 Å². The zero-order chi connectivity index (χ0) is 10.4. The Morgan fingerprint density at radius 3 is 1.31 bits per heavy atom. The first-order chi connectivity index (χ1) is 6.33. The molecule has 2 heteroatoms. The lowest BCUT2D eigenvalue weighted by molar-refractivity contribution is 0.503. The van der Waals surface area contributed by atoms with Gasteiger partial charge in [-0.25, -0.2) is 0 Å². The molecule has 1 N–H and O–H groups in total. The quantitative estimate of drug-likeness (QED) is 0.481. The van der Waals surface area contributed by atoms with E-state index in [1.807, 2.05) is 0 Å². The molecular weight excluding hydrogens is 162 g/mol. The molecule has 0 rings (SSSR count). The van der Waals surface area contributed by atoms with Gasteiger partial charge in [-0.05, 0) is 0 Å². The van der Waals surface area contributed by atoms with Gasteiger partial charge in [0.15, 0.2) is 0 Å². The second kappa shape index (κ2) is 17.4. The normalized spacial score (nSPS) is 8.38. The fourth-order valence-electron chi connectivity index (χ4n) is 1.21. The van der Waals surface area contributed by atoms with Crippen molar-refractivity contribution in [3.63, 3.8) is 0 Å². The van der Waals surface area contributed by atoms with E-state index in [-0.39, 0.29) is 0 Å². The summed E-state index contributed by atoms with van der Waals surface area (Å²) in [4.78, 5) is 0. The SMILES string of the molecule is CCCCCCCCCC.N#CO. The minimum Gasteiger partial charge on any atom is -0.443 e. The number of unbranched alkanes of at least 4 members (excludes halogenated alkanes) is 7. The van der Waals surface area contributed by atoms with Crippen LogP contribution in [0, 0.1) is 11.5 Å². The number of hydrogen-bond donors (Lipinski definition) is 1. The first-order valence-electron chi connectivity index (χ1n) is 5.36. The molecule has 0 aromatic carbocycles. The van der Waals surface area contributed by atoms with Crippen molar-refractivity contribution in [1.29, 1.82) is 5.26 Å². The predicted octanol–water partition coefficient (Wildman–Crippen LogP) is 3.99. The van der Waals surface area contributed by atoms with Crippen LogP contribution >= 0.6 is 0 Å². The molecule has 0 bridgehead atoms. The van der Waals surface area contributed by atoms with Gasteiger partial charge in [0, 0.05) is 0 Å². The Bertz CT molecular complexity index is 99.1. The molecule has 0 saturated heterocycles. The summed E-state index contributed by atoms with van der Waals surface area (Å²) in [5.41, 5.74) is 0. The third kappa shape index (κ3) is 24.6. The fraction of sp³-hybridized carbons (Fsp3) is 0.909. The number of rotatable bonds is 7. The van der Waals surface area contributed by atoms with Gasteiger partial charge in [-0.3, -0.25) is 0 Å². The Morgan fingerprint density at radius 1 is 0.846 bits per heavy atom. The van der Waals surface area contributed by atoms with Crippen LogP contribution in [0.2, 0.25) is 0 Å². The Labute approximate surface area is 82.6 Å². The maximum absolute atomic E-state index is 6.88. The summed E-state index contributed by atoms with van der Waals surface area (Å²) in [5.74, 6) is 0. The maximum Gasteiger partial charge on any atom is 0.283 e. The molecule has 0 aliphatic carbocycles. The van der Waals surface area contributed by atoms with Gasteiger partial charge in [0.2, 0.25) is 0 Å². The molecule has 0 aliphatic rings. The topological polar surface area (TPSA) is 44.0 Å². The highest BCUT2D eigenvalue weighted by Gasteiger charge is 1.87. The van der Waals surface area contributed by atoms with Crippen LogP contribution in [0.25, 0.3) is 0 Å². The van der Waals surface area contributed by atoms with E-state index in [9.17, 15) is 0 Å². The Balaban J connectivity index is 0. The molecular formula is C11H23NO. The highest BCUT2D eigenvalue weighted by molar-refractivity contribution is 4.43. The van der Waals surface area contributed by atoms with Crippen molar-refractivity contribution in [2.24, 2.45) is 0 Å². The molecule has 2 nitrogen and oxygen atoms in total. The van der Waals surface area contributed by atoms with Crippen LogP contribution in [0.15, 0.2) is 0 Å². The van der Waals surface area contributed by atoms with E-state index in [1.165, 1.54) is 51.4 Å². The third-order valence-corrected chi connectivity index (χ3v) is 1.96. The van der Waals surface area contributed by atoms with Gasteiger partial charge < -0.3 is 5.11 Å². The van der Waals surface area contributed by atoms with Crippen molar-refractivity contribution in [3.8, 4) is 6.26 Å². The summed E-state index contributed by atoms with van der Waals surface area (Å²) in [7, 11) is 0. The summed E-state index contributed by atoms with van der Waals surface area (Å²) in [6.45, 7) is 4.54. The molecule has 0 aliphatic heterocycles. The molecule has 78 valence electrons. The van der Waals surface area contributed by atoms with Gasteiger partial charge in [-0.1, -0.05) is 65.2 Å². The van der Waals surface area contributed by atoms with Crippen LogP contribution in [0.5, 0.6) is 0 Å². The molecule has 0 amide bonds. The van der Waals surface area contributed by atoms with Gasteiger partial charge in [0.05, 0.1) is 0 Å². The molecule has 0 unspecified atom stereocenters. The lowest BCUT2D eigenvalue weighted by Crippen LogP contribution is -1.77. The molecule has 0 aromatic rings. The number of nitriles is 1. The highest BCUT2D eigenvalue weighted by Crippen LogP contribution is 2.07. The summed E-state index contributed by atoms with van der Waals surface area (Å²) in [5, 5.41) is 13.8. The van der Waals surface area contributed by atoms with Crippen LogP contribution in [-0.2, 0) is 0 Å². The molecule has 0 radical (unpaired) electrons. The molecule has 0 aromatic heterocycles. The Kier molecular flexibility index (Phi) is 19.8. The summed E-state index contributed by atoms with van der Waals surface area (Å²) >= 11 is 0. The van der Waals surface area contributed by atoms with Crippen LogP contribution in [0.1, 0.15) is 65.2 Å². The van der Waals surface area contributed by atoms with E-state index < -0.39 is 0 Å². The zero-order valence-electron chi connectivity index (χ0n) is 9.05. The smallest absolute Gasteiger partial charge is 0.283 e. The predicted molar refractivity (Wildman–Crippen MR) is 55.8 cm³/mol. The van der Waals surface area contributed by atoms with Crippen molar-refractivity contribution in [3.05, 3.63) is 0 Å². The van der Waals surface area contributed by atoms with Crippen LogP contribution in [-0.4, -0.2) is 5.11 Å². The first kappa shape index (κ1) is 14.8. The van der Waals surface area contributed by atoms with E-state index in [2.05, 4.69) is 13.8 Å². The van der Waals surface area contributed by atoms with E-state index in [4.69, 9.17) is 10.4 Å². The maximum atomic E-state index is 6.88. The fourth-order valence-corrected chi connectivity index (χ4v) is 1.21. The molecule has 0 fully saturated rings. The standard InChI is InChI=1S/C10H22.CHNO/c1-3-5-7-9-10-8-6-4-2;2-1-3/h3-10H2,1-2H3;3H. The highest BCUT2D eigenvalue weighted by atomic mass is 16.2. The summed E-state index contributed by atoms with van der Waals surface area (Å²) < 4.78 is 0.